The second kappa shape index (κ2) is 3.52. The number of hydrogen-bond acceptors (Lipinski definition) is 3. The first kappa shape index (κ1) is 10.5. The molecule has 0 aliphatic carbocycles. The molecule has 0 fully saturated rings. The number of phenolic OH excluding ortho intramolecular Hbond substituents is 1. The van der Waals surface area contributed by atoms with Gasteiger partial charge in [-0.25, -0.2) is 4.79 Å². The van der Waals surface area contributed by atoms with E-state index in [0.717, 1.165) is 0 Å². The van der Waals surface area contributed by atoms with E-state index in [1.165, 1.54) is 16.8 Å². The van der Waals surface area contributed by atoms with E-state index >= 15 is 0 Å². The summed E-state index contributed by atoms with van der Waals surface area (Å²) in [5.41, 5.74) is 0.685. The highest BCUT2D eigenvalue weighted by molar-refractivity contribution is 6.01. The molecule has 0 saturated heterocycles. The van der Waals surface area contributed by atoms with Gasteiger partial charge < -0.3 is 10.2 Å². The molecule has 2 rings (SSSR count). The number of fused-ring (bicyclic) bond motifs is 1. The van der Waals surface area contributed by atoms with Crippen molar-refractivity contribution < 1.29 is 15.0 Å². The number of benzene rings is 1. The van der Waals surface area contributed by atoms with Gasteiger partial charge in [0, 0.05) is 11.4 Å². The molecule has 2 N–H and O–H groups in total. The molecule has 1 aromatic heterocycles. The molecule has 0 aliphatic heterocycles. The summed E-state index contributed by atoms with van der Waals surface area (Å²) in [4.78, 5) is 11.2. The van der Waals surface area contributed by atoms with Crippen LogP contribution in [0.1, 0.15) is 30.4 Å². The van der Waals surface area contributed by atoms with Gasteiger partial charge in [0.1, 0.15) is 5.75 Å². The number of aromatic carboxylic acids is 1. The lowest BCUT2D eigenvalue weighted by Gasteiger charge is -2.07. The van der Waals surface area contributed by atoms with Crippen LogP contribution >= 0.6 is 0 Å². The summed E-state index contributed by atoms with van der Waals surface area (Å²) in [6, 6.07) is 4.48. The highest BCUT2D eigenvalue weighted by atomic mass is 16.4. The summed E-state index contributed by atoms with van der Waals surface area (Å²) >= 11 is 0. The third-order valence-electron chi connectivity index (χ3n) is 2.37. The molecule has 1 aromatic carbocycles. The topological polar surface area (TPSA) is 75.3 Å². The van der Waals surface area contributed by atoms with Crippen molar-refractivity contribution in [2.24, 2.45) is 0 Å². The Hall–Kier alpha value is -2.04. The van der Waals surface area contributed by atoms with Gasteiger partial charge in [-0.05, 0) is 32.0 Å². The first-order valence-corrected chi connectivity index (χ1v) is 4.95. The maximum Gasteiger partial charge on any atom is 0.354 e. The van der Waals surface area contributed by atoms with E-state index in [-0.39, 0.29) is 17.5 Å². The molecule has 0 saturated carbocycles. The zero-order chi connectivity index (χ0) is 11.9. The minimum Gasteiger partial charge on any atom is -0.508 e. The Bertz CT molecular complexity index is 558. The Morgan fingerprint density at radius 2 is 2.12 bits per heavy atom. The minimum absolute atomic E-state index is 0.0401. The average Bonchev–Trinajstić information content (AvgIpc) is 2.55. The third-order valence-corrected chi connectivity index (χ3v) is 2.37. The molecule has 2 aromatic rings. The smallest absolute Gasteiger partial charge is 0.354 e. The molecule has 0 aliphatic rings. The van der Waals surface area contributed by atoms with Crippen molar-refractivity contribution in [3.05, 3.63) is 23.9 Å². The lowest BCUT2D eigenvalue weighted by atomic mass is 10.2. The fourth-order valence-corrected chi connectivity index (χ4v) is 1.68. The van der Waals surface area contributed by atoms with Crippen LogP contribution < -0.4 is 0 Å². The van der Waals surface area contributed by atoms with Crippen molar-refractivity contribution in [3.8, 4) is 5.75 Å². The summed E-state index contributed by atoms with van der Waals surface area (Å²) in [5.74, 6) is -1.000. The Balaban J connectivity index is 2.82. The van der Waals surface area contributed by atoms with Gasteiger partial charge >= 0.3 is 5.97 Å². The lowest BCUT2D eigenvalue weighted by molar-refractivity contribution is 0.0683. The number of phenols is 1. The monoisotopic (exact) mass is 220 g/mol. The maximum absolute atomic E-state index is 11.2. The summed E-state index contributed by atoms with van der Waals surface area (Å²) in [5, 5.41) is 23.2. The molecular formula is C11H12N2O3. The van der Waals surface area contributed by atoms with Crippen LogP contribution in [0.5, 0.6) is 5.75 Å². The van der Waals surface area contributed by atoms with Gasteiger partial charge in [0.2, 0.25) is 0 Å². The number of nitrogens with zero attached hydrogens (tertiary/aromatic N) is 2. The molecule has 16 heavy (non-hydrogen) atoms. The fraction of sp³-hybridized carbons (Fsp3) is 0.273. The summed E-state index contributed by atoms with van der Waals surface area (Å²) in [7, 11) is 0. The van der Waals surface area contributed by atoms with Gasteiger partial charge in [0.05, 0.1) is 5.52 Å². The molecule has 0 bridgehead atoms. The number of rotatable bonds is 2. The van der Waals surface area contributed by atoms with Crippen molar-refractivity contribution in [2.45, 2.75) is 19.9 Å². The maximum atomic E-state index is 11.2. The molecule has 5 heteroatoms. The van der Waals surface area contributed by atoms with Crippen LogP contribution in [-0.2, 0) is 0 Å². The van der Waals surface area contributed by atoms with E-state index in [2.05, 4.69) is 5.10 Å². The van der Waals surface area contributed by atoms with Crippen LogP contribution in [0, 0.1) is 0 Å². The van der Waals surface area contributed by atoms with Crippen molar-refractivity contribution in [1.29, 1.82) is 0 Å². The quantitative estimate of drug-likeness (QED) is 0.811. The third kappa shape index (κ3) is 1.50. The SMILES string of the molecule is CC(C)n1nc2ccc(O)cc2c1C(=O)O. The van der Waals surface area contributed by atoms with Gasteiger partial charge in [0.25, 0.3) is 0 Å². The normalized spacial score (nSPS) is 11.2. The number of carbonyl (C=O) groups is 1. The van der Waals surface area contributed by atoms with E-state index in [9.17, 15) is 9.90 Å². The van der Waals surface area contributed by atoms with Crippen LogP contribution in [0.4, 0.5) is 0 Å². The molecule has 5 nitrogen and oxygen atoms in total. The predicted molar refractivity (Wildman–Crippen MR) is 58.7 cm³/mol. The Morgan fingerprint density at radius 3 is 2.69 bits per heavy atom. The van der Waals surface area contributed by atoms with Crippen LogP contribution in [-0.4, -0.2) is 26.0 Å². The molecule has 0 radical (unpaired) electrons. The highest BCUT2D eigenvalue weighted by Crippen LogP contribution is 2.25. The second-order valence-corrected chi connectivity index (χ2v) is 3.89. The largest absolute Gasteiger partial charge is 0.508 e. The number of carboxylic acid groups (broad SMARTS) is 1. The minimum atomic E-state index is -1.04. The first-order valence-electron chi connectivity index (χ1n) is 4.95. The molecule has 0 atom stereocenters. The standard InChI is InChI=1S/C11H12N2O3/c1-6(2)13-10(11(15)16)8-5-7(14)3-4-9(8)12-13/h3-6,14H,1-2H3,(H,15,16). The van der Waals surface area contributed by atoms with Crippen molar-refractivity contribution in [3.63, 3.8) is 0 Å². The summed E-state index contributed by atoms with van der Waals surface area (Å²) in [6.07, 6.45) is 0. The predicted octanol–water partition coefficient (Wildman–Crippen LogP) is 2.02. The van der Waals surface area contributed by atoms with E-state index in [0.29, 0.717) is 10.9 Å². The van der Waals surface area contributed by atoms with Crippen LogP contribution in [0.25, 0.3) is 10.9 Å². The fourth-order valence-electron chi connectivity index (χ4n) is 1.68. The number of aromatic hydroxyl groups is 1. The van der Waals surface area contributed by atoms with Crippen molar-refractivity contribution in [1.82, 2.24) is 9.78 Å². The van der Waals surface area contributed by atoms with Gasteiger partial charge in [-0.15, -0.1) is 0 Å². The van der Waals surface area contributed by atoms with E-state index < -0.39 is 5.97 Å². The molecule has 0 amide bonds. The van der Waals surface area contributed by atoms with E-state index in [4.69, 9.17) is 5.11 Å². The lowest BCUT2D eigenvalue weighted by Crippen LogP contribution is -2.12. The summed E-state index contributed by atoms with van der Waals surface area (Å²) in [6.45, 7) is 3.72. The summed E-state index contributed by atoms with van der Waals surface area (Å²) < 4.78 is 1.45. The van der Waals surface area contributed by atoms with Crippen LogP contribution in [0.15, 0.2) is 18.2 Å². The number of carboxylic acids is 1. The highest BCUT2D eigenvalue weighted by Gasteiger charge is 2.19. The average molecular weight is 220 g/mol. The zero-order valence-corrected chi connectivity index (χ0v) is 9.01. The van der Waals surface area contributed by atoms with E-state index in [1.54, 1.807) is 6.07 Å². The Kier molecular flexibility index (Phi) is 2.30. The van der Waals surface area contributed by atoms with Crippen LogP contribution in [0.2, 0.25) is 0 Å². The Labute approximate surface area is 91.9 Å². The first-order chi connectivity index (χ1) is 7.50. The second-order valence-electron chi connectivity index (χ2n) is 3.89. The number of hydrogen-bond donors (Lipinski definition) is 2. The van der Waals surface area contributed by atoms with Crippen molar-refractivity contribution >= 4 is 16.9 Å². The molecule has 0 spiro atoms. The van der Waals surface area contributed by atoms with Gasteiger partial charge in [0.15, 0.2) is 5.69 Å². The molecule has 84 valence electrons. The molecule has 0 unspecified atom stereocenters. The number of aromatic nitrogens is 2. The Morgan fingerprint density at radius 1 is 1.44 bits per heavy atom. The van der Waals surface area contributed by atoms with Gasteiger partial charge in [-0.2, -0.15) is 5.10 Å². The van der Waals surface area contributed by atoms with Gasteiger partial charge in [-0.1, -0.05) is 0 Å². The molecule has 1 heterocycles. The van der Waals surface area contributed by atoms with E-state index in [1.807, 2.05) is 13.8 Å². The van der Waals surface area contributed by atoms with Gasteiger partial charge in [-0.3, -0.25) is 4.68 Å². The molecular weight excluding hydrogens is 208 g/mol. The van der Waals surface area contributed by atoms with Crippen molar-refractivity contribution in [2.75, 3.05) is 0 Å². The zero-order valence-electron chi connectivity index (χ0n) is 9.01. The van der Waals surface area contributed by atoms with Crippen LogP contribution in [0.3, 0.4) is 0 Å².